The smallest absolute Gasteiger partial charge is 0.233 e. The number of benzene rings is 1. The highest BCUT2D eigenvalue weighted by atomic mass is 32.2. The second-order valence-corrected chi connectivity index (χ2v) is 8.18. The maximum absolute atomic E-state index is 13.8. The summed E-state index contributed by atoms with van der Waals surface area (Å²) in [5.41, 5.74) is 0. The number of para-hydroxylation sites is 1. The zero-order valence-corrected chi connectivity index (χ0v) is 17.7. The molecule has 1 aliphatic rings. The Labute approximate surface area is 175 Å². The number of allylic oxidation sites excluding steroid dienone is 1. The molecule has 2 atom stereocenters. The molecule has 1 aromatic carbocycles. The lowest BCUT2D eigenvalue weighted by atomic mass is 9.98. The van der Waals surface area contributed by atoms with Crippen molar-refractivity contribution >= 4 is 17.7 Å². The fourth-order valence-electron chi connectivity index (χ4n) is 3.66. The summed E-state index contributed by atoms with van der Waals surface area (Å²) in [6.45, 7) is 8.55. The van der Waals surface area contributed by atoms with Crippen LogP contribution in [0.5, 0.6) is 5.75 Å². The lowest BCUT2D eigenvalue weighted by Gasteiger charge is -2.39. The largest absolute Gasteiger partial charge is 0.483 e. The maximum Gasteiger partial charge on any atom is 0.233 e. The molecule has 0 N–H and O–H groups in total. The van der Waals surface area contributed by atoms with E-state index in [-0.39, 0.29) is 30.3 Å². The molecule has 1 aromatic heterocycles. The zero-order valence-electron chi connectivity index (χ0n) is 16.9. The Hall–Kier alpha value is -2.35. The molecule has 1 saturated heterocycles. The number of halogens is 1. The van der Waals surface area contributed by atoms with Gasteiger partial charge < -0.3 is 9.64 Å². The van der Waals surface area contributed by atoms with Gasteiger partial charge in [-0.3, -0.25) is 9.36 Å². The van der Waals surface area contributed by atoms with Crippen molar-refractivity contribution in [2.45, 2.75) is 63.5 Å². The predicted octanol–water partition coefficient (Wildman–Crippen LogP) is 4.06. The van der Waals surface area contributed by atoms with E-state index in [1.807, 2.05) is 9.47 Å². The van der Waals surface area contributed by atoms with Crippen molar-refractivity contribution in [1.82, 2.24) is 19.7 Å². The standard InChI is InChI=1S/C21H27FN4O2S/c1-4-12-25-19(13-28-18-11-6-5-10-17(18)22)23-24-21(25)29-14-20(27)26-15(2)8-7-9-16(26)3/h4-6,10-11,15-16H,1,7-9,12-14H2,2-3H3. The number of likely N-dealkylation sites (tertiary alicyclic amines) is 1. The summed E-state index contributed by atoms with van der Waals surface area (Å²) in [5, 5.41) is 9.01. The van der Waals surface area contributed by atoms with Crippen LogP contribution in [0.25, 0.3) is 0 Å². The predicted molar refractivity (Wildman–Crippen MR) is 111 cm³/mol. The minimum Gasteiger partial charge on any atom is -0.483 e. The minimum absolute atomic E-state index is 0.0798. The molecule has 3 rings (SSSR count). The van der Waals surface area contributed by atoms with Gasteiger partial charge in [-0.1, -0.05) is 30.0 Å². The van der Waals surface area contributed by atoms with Gasteiger partial charge in [0, 0.05) is 18.6 Å². The summed E-state index contributed by atoms with van der Waals surface area (Å²) >= 11 is 1.36. The van der Waals surface area contributed by atoms with Crippen LogP contribution in [0.2, 0.25) is 0 Å². The molecule has 2 aromatic rings. The number of thioether (sulfide) groups is 1. The van der Waals surface area contributed by atoms with Crippen LogP contribution in [-0.2, 0) is 17.9 Å². The molecule has 1 fully saturated rings. The minimum atomic E-state index is -0.424. The third-order valence-electron chi connectivity index (χ3n) is 5.10. The summed E-state index contributed by atoms with van der Waals surface area (Å²) in [4.78, 5) is 14.8. The van der Waals surface area contributed by atoms with Gasteiger partial charge in [0.15, 0.2) is 22.5 Å². The first kappa shape index (κ1) is 21.4. The van der Waals surface area contributed by atoms with E-state index < -0.39 is 5.82 Å². The lowest BCUT2D eigenvalue weighted by Crippen LogP contribution is -2.48. The first-order valence-electron chi connectivity index (χ1n) is 9.85. The van der Waals surface area contributed by atoms with Crippen LogP contribution < -0.4 is 4.74 Å². The molecule has 0 radical (unpaired) electrons. The van der Waals surface area contributed by atoms with Crippen LogP contribution in [0.15, 0.2) is 42.1 Å². The molecule has 0 saturated carbocycles. The van der Waals surface area contributed by atoms with Gasteiger partial charge in [-0.05, 0) is 45.2 Å². The van der Waals surface area contributed by atoms with Gasteiger partial charge in [0.25, 0.3) is 0 Å². The Morgan fingerprint density at radius 1 is 1.31 bits per heavy atom. The molecule has 2 heterocycles. The van der Waals surface area contributed by atoms with Gasteiger partial charge in [0.1, 0.15) is 6.61 Å². The molecule has 0 aliphatic carbocycles. The highest BCUT2D eigenvalue weighted by Crippen LogP contribution is 2.25. The third kappa shape index (κ3) is 5.18. The van der Waals surface area contributed by atoms with Gasteiger partial charge in [0.2, 0.25) is 5.91 Å². The van der Waals surface area contributed by atoms with Crippen molar-refractivity contribution in [3.63, 3.8) is 0 Å². The summed E-state index contributed by atoms with van der Waals surface area (Å²) in [7, 11) is 0. The van der Waals surface area contributed by atoms with E-state index in [0.717, 1.165) is 19.3 Å². The lowest BCUT2D eigenvalue weighted by molar-refractivity contribution is -0.134. The Bertz CT molecular complexity index is 847. The van der Waals surface area contributed by atoms with Crippen LogP contribution in [-0.4, -0.2) is 43.4 Å². The molecular weight excluding hydrogens is 391 g/mol. The van der Waals surface area contributed by atoms with Gasteiger partial charge in [-0.25, -0.2) is 4.39 Å². The Morgan fingerprint density at radius 2 is 2.03 bits per heavy atom. The molecular formula is C21H27FN4O2S. The molecule has 1 amide bonds. The molecule has 8 heteroatoms. The molecule has 29 heavy (non-hydrogen) atoms. The van der Waals surface area contributed by atoms with Crippen molar-refractivity contribution in [1.29, 1.82) is 0 Å². The van der Waals surface area contributed by atoms with Gasteiger partial charge in [-0.15, -0.1) is 16.8 Å². The molecule has 2 unspecified atom stereocenters. The number of hydrogen-bond acceptors (Lipinski definition) is 5. The van der Waals surface area contributed by atoms with Crippen LogP contribution in [0.4, 0.5) is 4.39 Å². The average Bonchev–Trinajstić information content (AvgIpc) is 3.07. The molecule has 156 valence electrons. The number of ether oxygens (including phenoxy) is 1. The number of hydrogen-bond donors (Lipinski definition) is 0. The first-order chi connectivity index (χ1) is 14.0. The van der Waals surface area contributed by atoms with E-state index in [4.69, 9.17) is 4.74 Å². The van der Waals surface area contributed by atoms with Crippen molar-refractivity contribution < 1.29 is 13.9 Å². The van der Waals surface area contributed by atoms with E-state index in [0.29, 0.717) is 23.3 Å². The fourth-order valence-corrected chi connectivity index (χ4v) is 4.50. The zero-order chi connectivity index (χ0) is 20.8. The molecule has 6 nitrogen and oxygen atoms in total. The van der Waals surface area contributed by atoms with E-state index >= 15 is 0 Å². The second kappa shape index (κ2) is 9.91. The fraction of sp³-hybridized carbons (Fsp3) is 0.476. The topological polar surface area (TPSA) is 60.2 Å². The van der Waals surface area contributed by atoms with Crippen molar-refractivity contribution in [2.75, 3.05) is 5.75 Å². The molecule has 0 bridgehead atoms. The molecule has 0 spiro atoms. The Balaban J connectivity index is 1.65. The van der Waals surface area contributed by atoms with Gasteiger partial charge in [-0.2, -0.15) is 0 Å². The Morgan fingerprint density at radius 3 is 2.72 bits per heavy atom. The van der Waals surface area contributed by atoms with E-state index in [1.165, 1.54) is 17.8 Å². The number of carbonyl (C=O) groups excluding carboxylic acids is 1. The summed E-state index contributed by atoms with van der Waals surface area (Å²) in [6, 6.07) is 6.77. The number of piperidine rings is 1. The number of rotatable bonds is 8. The highest BCUT2D eigenvalue weighted by Gasteiger charge is 2.29. The third-order valence-corrected chi connectivity index (χ3v) is 6.06. The number of amides is 1. The average molecular weight is 419 g/mol. The summed E-state index contributed by atoms with van der Waals surface area (Å²) in [6.07, 6.45) is 4.99. The number of carbonyl (C=O) groups is 1. The number of aromatic nitrogens is 3. The summed E-state index contributed by atoms with van der Waals surface area (Å²) < 4.78 is 21.2. The van der Waals surface area contributed by atoms with Crippen molar-refractivity contribution in [3.8, 4) is 5.75 Å². The van der Waals surface area contributed by atoms with E-state index in [1.54, 1.807) is 24.3 Å². The van der Waals surface area contributed by atoms with Crippen LogP contribution >= 0.6 is 11.8 Å². The van der Waals surface area contributed by atoms with Crippen LogP contribution in [0, 0.1) is 5.82 Å². The van der Waals surface area contributed by atoms with Gasteiger partial charge >= 0.3 is 0 Å². The first-order valence-corrected chi connectivity index (χ1v) is 10.8. The van der Waals surface area contributed by atoms with E-state index in [9.17, 15) is 9.18 Å². The SMILES string of the molecule is C=CCn1c(COc2ccccc2F)nnc1SCC(=O)N1C(C)CCCC1C. The van der Waals surface area contributed by atoms with E-state index in [2.05, 4.69) is 30.6 Å². The number of nitrogens with zero attached hydrogens (tertiary/aromatic N) is 4. The van der Waals surface area contributed by atoms with Crippen molar-refractivity contribution in [2.24, 2.45) is 0 Å². The van der Waals surface area contributed by atoms with Crippen LogP contribution in [0.3, 0.4) is 0 Å². The molecule has 1 aliphatic heterocycles. The highest BCUT2D eigenvalue weighted by molar-refractivity contribution is 7.99. The Kier molecular flexibility index (Phi) is 7.30. The quantitative estimate of drug-likeness (QED) is 0.478. The monoisotopic (exact) mass is 418 g/mol. The normalized spacial score (nSPS) is 19.2. The summed E-state index contributed by atoms with van der Waals surface area (Å²) in [5.74, 6) is 0.721. The second-order valence-electron chi connectivity index (χ2n) is 7.24. The van der Waals surface area contributed by atoms with Crippen molar-refractivity contribution in [3.05, 3.63) is 48.6 Å². The van der Waals surface area contributed by atoms with Gasteiger partial charge in [0.05, 0.1) is 5.75 Å². The maximum atomic E-state index is 13.8. The van der Waals surface area contributed by atoms with Crippen LogP contribution in [0.1, 0.15) is 38.9 Å².